The van der Waals surface area contributed by atoms with Crippen molar-refractivity contribution in [3.8, 4) is 0 Å². The molecule has 0 aliphatic carbocycles. The van der Waals surface area contributed by atoms with Gasteiger partial charge in [0.2, 0.25) is 0 Å². The summed E-state index contributed by atoms with van der Waals surface area (Å²) >= 11 is 5.55. The zero-order valence-corrected chi connectivity index (χ0v) is 10.8. The van der Waals surface area contributed by atoms with Crippen LogP contribution in [0.15, 0.2) is 22.7 Å². The zero-order valence-electron chi connectivity index (χ0n) is 8.38. The van der Waals surface area contributed by atoms with E-state index in [9.17, 15) is 0 Å². The van der Waals surface area contributed by atoms with Crippen LogP contribution in [-0.2, 0) is 5.75 Å². The first-order valence-electron chi connectivity index (χ1n) is 4.79. The van der Waals surface area contributed by atoms with Gasteiger partial charge in [-0.3, -0.25) is 0 Å². The van der Waals surface area contributed by atoms with E-state index in [2.05, 4.69) is 46.4 Å². The molecule has 0 saturated heterocycles. The second kappa shape index (κ2) is 4.25. The minimum absolute atomic E-state index is 0.487. The Hall–Kier alpha value is 0.01000. The Morgan fingerprint density at radius 3 is 3.00 bits per heavy atom. The molecule has 2 rings (SSSR count). The molecular weight excluding hydrogens is 258 g/mol. The number of thioether (sulfide) groups is 1. The fourth-order valence-electron chi connectivity index (χ4n) is 1.95. The van der Waals surface area contributed by atoms with E-state index in [0.29, 0.717) is 11.3 Å². The summed E-state index contributed by atoms with van der Waals surface area (Å²) in [6.07, 6.45) is 0. The molecule has 0 bridgehead atoms. The molecule has 1 aromatic rings. The number of fused-ring (bicyclic) bond motifs is 1. The number of halogens is 1. The Morgan fingerprint density at radius 2 is 2.29 bits per heavy atom. The van der Waals surface area contributed by atoms with Gasteiger partial charge in [0.25, 0.3) is 0 Å². The maximum absolute atomic E-state index is 3.53. The standard InChI is InChI=1S/C11H14BrNS/c1-7-11(13-2)10-5-9(12)4-3-8(10)6-14-7/h3-5,7,11,13H,6H2,1-2H3. The molecule has 0 spiro atoms. The number of rotatable bonds is 1. The molecule has 2 unspecified atom stereocenters. The van der Waals surface area contributed by atoms with Crippen LogP contribution in [0.1, 0.15) is 24.1 Å². The maximum Gasteiger partial charge on any atom is 0.0439 e. The molecule has 0 amide bonds. The van der Waals surface area contributed by atoms with E-state index in [-0.39, 0.29) is 0 Å². The van der Waals surface area contributed by atoms with Crippen molar-refractivity contribution in [1.29, 1.82) is 0 Å². The van der Waals surface area contributed by atoms with Gasteiger partial charge in [0.1, 0.15) is 0 Å². The topological polar surface area (TPSA) is 12.0 Å². The van der Waals surface area contributed by atoms with Crippen molar-refractivity contribution >= 4 is 27.7 Å². The lowest BCUT2D eigenvalue weighted by Crippen LogP contribution is -2.29. The second-order valence-corrected chi connectivity index (χ2v) is 5.91. The Morgan fingerprint density at radius 1 is 1.50 bits per heavy atom. The summed E-state index contributed by atoms with van der Waals surface area (Å²) in [6.45, 7) is 2.29. The van der Waals surface area contributed by atoms with Crippen molar-refractivity contribution in [2.24, 2.45) is 0 Å². The van der Waals surface area contributed by atoms with Crippen LogP contribution in [0.25, 0.3) is 0 Å². The highest BCUT2D eigenvalue weighted by Gasteiger charge is 2.25. The monoisotopic (exact) mass is 271 g/mol. The number of benzene rings is 1. The van der Waals surface area contributed by atoms with Gasteiger partial charge in [-0.25, -0.2) is 0 Å². The highest BCUT2D eigenvalue weighted by atomic mass is 79.9. The maximum atomic E-state index is 3.53. The van der Waals surface area contributed by atoms with Gasteiger partial charge in [0, 0.05) is 21.5 Å². The van der Waals surface area contributed by atoms with Crippen molar-refractivity contribution in [3.63, 3.8) is 0 Å². The molecule has 3 heteroatoms. The van der Waals surface area contributed by atoms with Gasteiger partial charge >= 0.3 is 0 Å². The van der Waals surface area contributed by atoms with Crippen molar-refractivity contribution in [1.82, 2.24) is 5.32 Å². The van der Waals surface area contributed by atoms with Crippen LogP contribution < -0.4 is 5.32 Å². The summed E-state index contributed by atoms with van der Waals surface area (Å²) < 4.78 is 1.18. The third-order valence-corrected chi connectivity index (χ3v) is 4.49. The highest BCUT2D eigenvalue weighted by molar-refractivity contribution is 9.10. The molecule has 0 saturated carbocycles. The Bertz CT molecular complexity index is 340. The first-order chi connectivity index (χ1) is 6.72. The molecule has 1 heterocycles. The van der Waals surface area contributed by atoms with Crippen LogP contribution in [-0.4, -0.2) is 12.3 Å². The molecule has 14 heavy (non-hydrogen) atoms. The third-order valence-electron chi connectivity index (χ3n) is 2.73. The van der Waals surface area contributed by atoms with Gasteiger partial charge in [-0.15, -0.1) is 0 Å². The first kappa shape index (κ1) is 10.5. The Kier molecular flexibility index (Phi) is 3.20. The van der Waals surface area contributed by atoms with E-state index in [0.717, 1.165) is 5.75 Å². The van der Waals surface area contributed by atoms with Crippen LogP contribution in [0.5, 0.6) is 0 Å². The Balaban J connectivity index is 2.43. The van der Waals surface area contributed by atoms with Gasteiger partial charge in [-0.2, -0.15) is 11.8 Å². The van der Waals surface area contributed by atoms with Crippen LogP contribution in [0.2, 0.25) is 0 Å². The largest absolute Gasteiger partial charge is 0.312 e. The van der Waals surface area contributed by atoms with Crippen molar-refractivity contribution in [2.75, 3.05) is 7.05 Å². The molecule has 76 valence electrons. The fourth-order valence-corrected chi connectivity index (χ4v) is 3.51. The van der Waals surface area contributed by atoms with Gasteiger partial charge in [-0.1, -0.05) is 28.9 Å². The summed E-state index contributed by atoms with van der Waals surface area (Å²) in [5.74, 6) is 1.14. The average Bonchev–Trinajstić information content (AvgIpc) is 2.17. The molecule has 1 aliphatic heterocycles. The van der Waals surface area contributed by atoms with E-state index in [4.69, 9.17) is 0 Å². The fraction of sp³-hybridized carbons (Fsp3) is 0.455. The molecule has 1 aliphatic rings. The van der Waals surface area contributed by atoms with E-state index < -0.39 is 0 Å². The predicted octanol–water partition coefficient (Wildman–Crippen LogP) is 3.34. The van der Waals surface area contributed by atoms with E-state index in [1.54, 1.807) is 0 Å². The van der Waals surface area contributed by atoms with Crippen molar-refractivity contribution < 1.29 is 0 Å². The van der Waals surface area contributed by atoms with Crippen LogP contribution in [0, 0.1) is 0 Å². The lowest BCUT2D eigenvalue weighted by Gasteiger charge is -2.30. The second-order valence-electron chi connectivity index (χ2n) is 3.63. The summed E-state index contributed by atoms with van der Waals surface area (Å²) in [6, 6.07) is 7.08. The Labute approximate surface area is 97.8 Å². The van der Waals surface area contributed by atoms with Gasteiger partial charge in [0.15, 0.2) is 0 Å². The van der Waals surface area contributed by atoms with Crippen molar-refractivity contribution in [3.05, 3.63) is 33.8 Å². The average molecular weight is 272 g/mol. The summed E-state index contributed by atoms with van der Waals surface area (Å²) in [7, 11) is 2.04. The smallest absolute Gasteiger partial charge is 0.0439 e. The minimum Gasteiger partial charge on any atom is -0.312 e. The molecule has 0 fully saturated rings. The van der Waals surface area contributed by atoms with E-state index in [1.165, 1.54) is 15.6 Å². The number of nitrogens with one attached hydrogen (secondary N) is 1. The van der Waals surface area contributed by atoms with Crippen LogP contribution >= 0.6 is 27.7 Å². The highest BCUT2D eigenvalue weighted by Crippen LogP contribution is 2.38. The van der Waals surface area contributed by atoms with E-state index >= 15 is 0 Å². The third kappa shape index (κ3) is 1.86. The number of hydrogen-bond acceptors (Lipinski definition) is 2. The molecule has 1 aromatic carbocycles. The SMILES string of the molecule is CNC1c2cc(Br)ccc2CSC1C. The molecule has 1 nitrogen and oxygen atoms in total. The molecular formula is C11H14BrNS. The van der Waals surface area contributed by atoms with Crippen LogP contribution in [0.3, 0.4) is 0 Å². The van der Waals surface area contributed by atoms with E-state index in [1.807, 2.05) is 18.8 Å². The van der Waals surface area contributed by atoms with Gasteiger partial charge < -0.3 is 5.32 Å². The molecule has 1 N–H and O–H groups in total. The zero-order chi connectivity index (χ0) is 10.1. The van der Waals surface area contributed by atoms with Crippen LogP contribution in [0.4, 0.5) is 0 Å². The van der Waals surface area contributed by atoms with Gasteiger partial charge in [0.05, 0.1) is 0 Å². The summed E-state index contributed by atoms with van der Waals surface area (Å²) in [5.41, 5.74) is 2.92. The lowest BCUT2D eigenvalue weighted by atomic mass is 9.98. The summed E-state index contributed by atoms with van der Waals surface area (Å²) in [5, 5.41) is 4.05. The molecule has 0 aromatic heterocycles. The molecule has 0 radical (unpaired) electrons. The summed E-state index contributed by atoms with van der Waals surface area (Å²) in [4.78, 5) is 0. The predicted molar refractivity (Wildman–Crippen MR) is 66.7 cm³/mol. The number of hydrogen-bond donors (Lipinski definition) is 1. The molecule has 2 atom stereocenters. The van der Waals surface area contributed by atoms with Crippen molar-refractivity contribution in [2.45, 2.75) is 24.0 Å². The lowest BCUT2D eigenvalue weighted by molar-refractivity contribution is 0.579. The first-order valence-corrected chi connectivity index (χ1v) is 6.63. The normalized spacial score (nSPS) is 25.9. The quantitative estimate of drug-likeness (QED) is 0.841. The van der Waals surface area contributed by atoms with Gasteiger partial charge in [-0.05, 0) is 30.3 Å². The minimum atomic E-state index is 0.487.